The molecular formula is C27H18ClNO4. The highest BCUT2D eigenvalue weighted by Gasteiger charge is 2.16. The standard InChI is InChI=1S/C27H18ClNO4/c1-16-6-11-20-18(13-26(30)33-25(20)12-16)15-32-27(31)22-14-24(17-7-9-19(28)10-8-17)29-23-5-3-2-4-21(22)23/h2-14H,15H2,1H3. The number of aromatic nitrogens is 1. The lowest BCUT2D eigenvalue weighted by Gasteiger charge is -2.11. The predicted octanol–water partition coefficient (Wildman–Crippen LogP) is 6.33. The van der Waals surface area contributed by atoms with Gasteiger partial charge in [-0.25, -0.2) is 14.6 Å². The molecule has 0 bridgehead atoms. The Balaban J connectivity index is 1.52. The van der Waals surface area contributed by atoms with Crippen molar-refractivity contribution in [2.45, 2.75) is 13.5 Å². The second-order valence-electron chi connectivity index (χ2n) is 7.75. The molecule has 0 aliphatic rings. The van der Waals surface area contributed by atoms with Gasteiger partial charge in [0.2, 0.25) is 0 Å². The summed E-state index contributed by atoms with van der Waals surface area (Å²) in [6.07, 6.45) is 0. The van der Waals surface area contributed by atoms with Gasteiger partial charge in [-0.05, 0) is 42.8 Å². The molecule has 3 aromatic carbocycles. The largest absolute Gasteiger partial charge is 0.457 e. The summed E-state index contributed by atoms with van der Waals surface area (Å²) in [6, 6.07) is 23.3. The first kappa shape index (κ1) is 20.9. The number of para-hydroxylation sites is 1. The lowest BCUT2D eigenvalue weighted by molar-refractivity contribution is 0.0476. The molecule has 0 radical (unpaired) electrons. The van der Waals surface area contributed by atoms with E-state index in [2.05, 4.69) is 0 Å². The van der Waals surface area contributed by atoms with Gasteiger partial charge < -0.3 is 9.15 Å². The number of halogens is 1. The van der Waals surface area contributed by atoms with Crippen LogP contribution in [0.4, 0.5) is 0 Å². The van der Waals surface area contributed by atoms with Gasteiger partial charge in [0, 0.05) is 33.0 Å². The van der Waals surface area contributed by atoms with E-state index in [1.165, 1.54) is 6.07 Å². The molecule has 0 N–H and O–H groups in total. The van der Waals surface area contributed by atoms with Crippen LogP contribution in [0.1, 0.15) is 21.5 Å². The molecule has 5 rings (SSSR count). The van der Waals surface area contributed by atoms with Crippen LogP contribution in [0.2, 0.25) is 5.02 Å². The number of nitrogens with zero attached hydrogens (tertiary/aromatic N) is 1. The van der Waals surface area contributed by atoms with Gasteiger partial charge >= 0.3 is 11.6 Å². The van der Waals surface area contributed by atoms with Gasteiger partial charge in [-0.1, -0.05) is 54.1 Å². The van der Waals surface area contributed by atoms with Crippen LogP contribution >= 0.6 is 11.6 Å². The van der Waals surface area contributed by atoms with Crippen molar-refractivity contribution >= 4 is 39.4 Å². The lowest BCUT2D eigenvalue weighted by Crippen LogP contribution is -2.09. The SMILES string of the molecule is Cc1ccc2c(COC(=O)c3cc(-c4ccc(Cl)cc4)nc4ccccc34)cc(=O)oc2c1. The molecule has 33 heavy (non-hydrogen) atoms. The minimum absolute atomic E-state index is 0.0586. The molecule has 0 unspecified atom stereocenters. The van der Waals surface area contributed by atoms with Gasteiger partial charge in [0.15, 0.2) is 0 Å². The van der Waals surface area contributed by atoms with Gasteiger partial charge in [0.05, 0.1) is 16.8 Å². The number of rotatable bonds is 4. The lowest BCUT2D eigenvalue weighted by atomic mass is 10.0. The van der Waals surface area contributed by atoms with E-state index >= 15 is 0 Å². The molecule has 0 spiro atoms. The van der Waals surface area contributed by atoms with Gasteiger partial charge in [-0.2, -0.15) is 0 Å². The Bertz CT molecular complexity index is 1570. The number of esters is 1. The number of pyridine rings is 1. The van der Waals surface area contributed by atoms with Gasteiger partial charge in [0.1, 0.15) is 12.2 Å². The van der Waals surface area contributed by atoms with Crippen molar-refractivity contribution in [2.75, 3.05) is 0 Å². The van der Waals surface area contributed by atoms with Gasteiger partial charge in [0.25, 0.3) is 0 Å². The molecule has 0 atom stereocenters. The van der Waals surface area contributed by atoms with E-state index in [4.69, 9.17) is 25.7 Å². The normalized spacial score (nSPS) is 11.1. The summed E-state index contributed by atoms with van der Waals surface area (Å²) in [5, 5.41) is 2.04. The monoisotopic (exact) mass is 455 g/mol. The maximum absolute atomic E-state index is 13.2. The van der Waals surface area contributed by atoms with Crippen LogP contribution in [-0.4, -0.2) is 11.0 Å². The molecule has 0 amide bonds. The Morgan fingerprint density at radius 1 is 0.970 bits per heavy atom. The summed E-state index contributed by atoms with van der Waals surface area (Å²) in [5.41, 5.74) is 4.09. The van der Waals surface area contributed by atoms with Crippen LogP contribution in [0.25, 0.3) is 33.1 Å². The first-order valence-electron chi connectivity index (χ1n) is 10.3. The Labute approximate surface area is 194 Å². The predicted molar refractivity (Wildman–Crippen MR) is 129 cm³/mol. The summed E-state index contributed by atoms with van der Waals surface area (Å²) in [5.74, 6) is -0.502. The third kappa shape index (κ3) is 4.23. The molecule has 5 aromatic rings. The summed E-state index contributed by atoms with van der Waals surface area (Å²) in [4.78, 5) is 29.9. The van der Waals surface area contributed by atoms with Crippen molar-refractivity contribution < 1.29 is 13.9 Å². The van der Waals surface area contributed by atoms with E-state index in [9.17, 15) is 9.59 Å². The number of aryl methyl sites for hydroxylation is 1. The van der Waals surface area contributed by atoms with Crippen LogP contribution in [0.3, 0.4) is 0 Å². The molecule has 0 saturated heterocycles. The van der Waals surface area contributed by atoms with Crippen LogP contribution in [-0.2, 0) is 11.3 Å². The van der Waals surface area contributed by atoms with Crippen LogP contribution < -0.4 is 5.63 Å². The minimum atomic E-state index is -0.502. The van der Waals surface area contributed by atoms with E-state index in [-0.39, 0.29) is 6.61 Å². The molecule has 6 heteroatoms. The second kappa shape index (κ2) is 8.52. The summed E-state index contributed by atoms with van der Waals surface area (Å²) >= 11 is 6.01. The first-order valence-corrected chi connectivity index (χ1v) is 10.7. The maximum atomic E-state index is 13.2. The third-order valence-electron chi connectivity index (χ3n) is 5.42. The zero-order valence-electron chi connectivity index (χ0n) is 17.7. The van der Waals surface area contributed by atoms with Crippen molar-refractivity contribution in [2.24, 2.45) is 0 Å². The zero-order valence-corrected chi connectivity index (χ0v) is 18.4. The number of benzene rings is 3. The molecule has 2 aromatic heterocycles. The van der Waals surface area contributed by atoms with Crippen molar-refractivity contribution in [3.63, 3.8) is 0 Å². The van der Waals surface area contributed by atoms with Crippen LogP contribution in [0.5, 0.6) is 0 Å². The van der Waals surface area contributed by atoms with Crippen LogP contribution in [0, 0.1) is 6.92 Å². The second-order valence-corrected chi connectivity index (χ2v) is 8.18. The Morgan fingerprint density at radius 2 is 1.76 bits per heavy atom. The summed E-state index contributed by atoms with van der Waals surface area (Å²) in [6.45, 7) is 1.86. The molecule has 2 heterocycles. The number of hydrogen-bond acceptors (Lipinski definition) is 5. The van der Waals surface area contributed by atoms with Gasteiger partial charge in [-0.15, -0.1) is 0 Å². The van der Waals surface area contributed by atoms with E-state index in [0.717, 1.165) is 16.5 Å². The number of ether oxygens (including phenoxy) is 1. The van der Waals surface area contributed by atoms with Crippen LogP contribution in [0.15, 0.2) is 88.1 Å². The Morgan fingerprint density at radius 3 is 2.58 bits per heavy atom. The average molecular weight is 456 g/mol. The fourth-order valence-corrected chi connectivity index (χ4v) is 3.92. The van der Waals surface area contributed by atoms with Crippen molar-refractivity contribution in [1.82, 2.24) is 4.98 Å². The highest BCUT2D eigenvalue weighted by Crippen LogP contribution is 2.27. The quantitative estimate of drug-likeness (QED) is 0.234. The molecule has 0 fully saturated rings. The molecule has 5 nitrogen and oxygen atoms in total. The van der Waals surface area contributed by atoms with Crippen molar-refractivity contribution in [3.8, 4) is 11.3 Å². The number of fused-ring (bicyclic) bond motifs is 2. The van der Waals surface area contributed by atoms with Crippen molar-refractivity contribution in [1.29, 1.82) is 0 Å². The molecule has 162 valence electrons. The third-order valence-corrected chi connectivity index (χ3v) is 5.67. The molecule has 0 saturated carbocycles. The number of carbonyl (C=O) groups excluding carboxylic acids is 1. The Hall–Kier alpha value is -3.96. The zero-order chi connectivity index (χ0) is 22.9. The fraction of sp³-hybridized carbons (Fsp3) is 0.0741. The first-order chi connectivity index (χ1) is 16.0. The summed E-state index contributed by atoms with van der Waals surface area (Å²) in [7, 11) is 0. The highest BCUT2D eigenvalue weighted by molar-refractivity contribution is 6.30. The minimum Gasteiger partial charge on any atom is -0.457 e. The van der Waals surface area contributed by atoms with E-state index in [1.54, 1.807) is 24.3 Å². The fourth-order valence-electron chi connectivity index (χ4n) is 3.79. The molecular weight excluding hydrogens is 438 g/mol. The average Bonchev–Trinajstić information content (AvgIpc) is 2.81. The summed E-state index contributed by atoms with van der Waals surface area (Å²) < 4.78 is 10.9. The van der Waals surface area contributed by atoms with E-state index < -0.39 is 11.6 Å². The molecule has 0 aliphatic carbocycles. The maximum Gasteiger partial charge on any atom is 0.339 e. The van der Waals surface area contributed by atoms with E-state index in [1.807, 2.05) is 55.5 Å². The topological polar surface area (TPSA) is 69.4 Å². The van der Waals surface area contributed by atoms with E-state index in [0.29, 0.717) is 38.3 Å². The highest BCUT2D eigenvalue weighted by atomic mass is 35.5. The Kier molecular flexibility index (Phi) is 5.40. The number of hydrogen-bond donors (Lipinski definition) is 0. The van der Waals surface area contributed by atoms with Gasteiger partial charge in [-0.3, -0.25) is 0 Å². The number of carbonyl (C=O) groups is 1. The smallest absolute Gasteiger partial charge is 0.339 e. The van der Waals surface area contributed by atoms with Crippen molar-refractivity contribution in [3.05, 3.63) is 111 Å². The molecule has 0 aliphatic heterocycles.